The van der Waals surface area contributed by atoms with Gasteiger partial charge in [-0.3, -0.25) is 4.99 Å². The van der Waals surface area contributed by atoms with E-state index in [1.165, 1.54) is 38.5 Å². The van der Waals surface area contributed by atoms with E-state index in [1.807, 2.05) is 0 Å². The van der Waals surface area contributed by atoms with Crippen LogP contribution in [0.3, 0.4) is 0 Å². The lowest BCUT2D eigenvalue weighted by Crippen LogP contribution is -2.36. The van der Waals surface area contributed by atoms with Crippen LogP contribution in [0.4, 0.5) is 0 Å². The first kappa shape index (κ1) is 16.0. The molecule has 0 aromatic rings. The van der Waals surface area contributed by atoms with Crippen molar-refractivity contribution in [2.75, 3.05) is 6.54 Å². The molecular formula is C12H26IN3. The third kappa shape index (κ3) is 7.30. The topological polar surface area (TPSA) is 50.4 Å². The van der Waals surface area contributed by atoms with E-state index in [0.29, 0.717) is 12.0 Å². The smallest absolute Gasteiger partial charge is 0.188 e. The Kier molecular flexibility index (Phi) is 9.07. The van der Waals surface area contributed by atoms with Crippen LogP contribution in [0.1, 0.15) is 52.4 Å². The summed E-state index contributed by atoms with van der Waals surface area (Å²) in [4.78, 5) is 4.34. The summed E-state index contributed by atoms with van der Waals surface area (Å²) in [6.07, 6.45) is 8.25. The number of halogens is 1. The largest absolute Gasteiger partial charge is 0.370 e. The van der Waals surface area contributed by atoms with Crippen molar-refractivity contribution in [3.63, 3.8) is 0 Å². The van der Waals surface area contributed by atoms with Gasteiger partial charge < -0.3 is 11.1 Å². The zero-order valence-electron chi connectivity index (χ0n) is 10.5. The Balaban J connectivity index is 0.00000225. The van der Waals surface area contributed by atoms with Gasteiger partial charge in [-0.05, 0) is 26.2 Å². The van der Waals surface area contributed by atoms with Gasteiger partial charge in [-0.15, -0.1) is 24.0 Å². The Morgan fingerprint density at radius 1 is 1.31 bits per heavy atom. The summed E-state index contributed by atoms with van der Waals surface area (Å²) in [6.45, 7) is 5.03. The fourth-order valence-electron chi connectivity index (χ4n) is 2.18. The molecule has 0 aliphatic heterocycles. The lowest BCUT2D eigenvalue weighted by molar-refractivity contribution is 0.343. The van der Waals surface area contributed by atoms with E-state index in [4.69, 9.17) is 5.73 Å². The molecule has 0 spiro atoms. The van der Waals surface area contributed by atoms with Gasteiger partial charge in [0.2, 0.25) is 0 Å². The van der Waals surface area contributed by atoms with E-state index in [2.05, 4.69) is 24.2 Å². The molecule has 1 aliphatic rings. The van der Waals surface area contributed by atoms with Gasteiger partial charge in [-0.2, -0.15) is 0 Å². The van der Waals surface area contributed by atoms with Gasteiger partial charge in [0.05, 0.1) is 0 Å². The first-order valence-corrected chi connectivity index (χ1v) is 6.25. The van der Waals surface area contributed by atoms with Crippen molar-refractivity contribution >= 4 is 29.9 Å². The summed E-state index contributed by atoms with van der Waals surface area (Å²) >= 11 is 0. The Hall–Kier alpha value is 0. The van der Waals surface area contributed by atoms with Gasteiger partial charge in [0.1, 0.15) is 0 Å². The molecule has 1 fully saturated rings. The highest BCUT2D eigenvalue weighted by Crippen LogP contribution is 2.25. The van der Waals surface area contributed by atoms with Crippen molar-refractivity contribution in [1.82, 2.24) is 5.32 Å². The van der Waals surface area contributed by atoms with Crippen LogP contribution in [0.25, 0.3) is 0 Å². The zero-order valence-corrected chi connectivity index (χ0v) is 12.9. The highest BCUT2D eigenvalue weighted by atomic mass is 127. The SMILES string of the molecule is CC(C)NC(N)=NCCC1CCCCC1.I. The molecule has 0 saturated heterocycles. The summed E-state index contributed by atoms with van der Waals surface area (Å²) in [5.74, 6) is 1.50. The van der Waals surface area contributed by atoms with Gasteiger partial charge in [0.15, 0.2) is 5.96 Å². The second kappa shape index (κ2) is 9.07. The molecule has 16 heavy (non-hydrogen) atoms. The minimum atomic E-state index is 0. The van der Waals surface area contributed by atoms with Crippen LogP contribution in [0.5, 0.6) is 0 Å². The van der Waals surface area contributed by atoms with Crippen LogP contribution in [0, 0.1) is 5.92 Å². The normalized spacial score (nSPS) is 18.3. The molecule has 0 unspecified atom stereocenters. The van der Waals surface area contributed by atoms with Crippen molar-refractivity contribution in [3.05, 3.63) is 0 Å². The van der Waals surface area contributed by atoms with Crippen LogP contribution in [0.15, 0.2) is 4.99 Å². The third-order valence-electron chi connectivity index (χ3n) is 2.98. The number of nitrogens with zero attached hydrogens (tertiary/aromatic N) is 1. The quantitative estimate of drug-likeness (QED) is 0.470. The standard InChI is InChI=1S/C12H25N3.HI/c1-10(2)15-12(13)14-9-8-11-6-4-3-5-7-11;/h10-11H,3-9H2,1-2H3,(H3,13,14,15);1H. The first-order valence-electron chi connectivity index (χ1n) is 6.25. The number of nitrogens with two attached hydrogens (primary N) is 1. The first-order chi connectivity index (χ1) is 7.18. The molecule has 96 valence electrons. The summed E-state index contributed by atoms with van der Waals surface area (Å²) < 4.78 is 0. The molecule has 1 rings (SSSR count). The number of rotatable bonds is 4. The van der Waals surface area contributed by atoms with Crippen molar-refractivity contribution in [1.29, 1.82) is 0 Å². The second-order valence-corrected chi connectivity index (χ2v) is 4.86. The van der Waals surface area contributed by atoms with Crippen LogP contribution in [-0.4, -0.2) is 18.5 Å². The average molecular weight is 339 g/mol. The van der Waals surface area contributed by atoms with Crippen LogP contribution < -0.4 is 11.1 Å². The minimum Gasteiger partial charge on any atom is -0.370 e. The molecule has 3 nitrogen and oxygen atoms in total. The van der Waals surface area contributed by atoms with Gasteiger partial charge in [-0.25, -0.2) is 0 Å². The Bertz CT molecular complexity index is 198. The zero-order chi connectivity index (χ0) is 11.1. The fourth-order valence-corrected chi connectivity index (χ4v) is 2.18. The molecule has 1 aliphatic carbocycles. The lowest BCUT2D eigenvalue weighted by atomic mass is 9.87. The molecule has 4 heteroatoms. The summed E-state index contributed by atoms with van der Waals surface area (Å²) in [6, 6.07) is 0.378. The number of aliphatic imine (C=N–C) groups is 1. The molecule has 1 saturated carbocycles. The number of guanidine groups is 1. The molecule has 0 aromatic carbocycles. The fraction of sp³-hybridized carbons (Fsp3) is 0.917. The predicted octanol–water partition coefficient (Wildman–Crippen LogP) is 2.89. The highest BCUT2D eigenvalue weighted by Gasteiger charge is 2.12. The predicted molar refractivity (Wildman–Crippen MR) is 81.4 cm³/mol. The third-order valence-corrected chi connectivity index (χ3v) is 2.98. The molecule has 0 bridgehead atoms. The summed E-state index contributed by atoms with van der Waals surface area (Å²) in [5.41, 5.74) is 5.73. The summed E-state index contributed by atoms with van der Waals surface area (Å²) in [5, 5.41) is 3.11. The van der Waals surface area contributed by atoms with E-state index in [1.54, 1.807) is 0 Å². The van der Waals surface area contributed by atoms with E-state index >= 15 is 0 Å². The number of hydrogen-bond acceptors (Lipinski definition) is 1. The number of nitrogens with one attached hydrogen (secondary N) is 1. The van der Waals surface area contributed by atoms with E-state index in [-0.39, 0.29) is 24.0 Å². The monoisotopic (exact) mass is 339 g/mol. The molecule has 0 atom stereocenters. The minimum absolute atomic E-state index is 0. The Morgan fingerprint density at radius 3 is 2.50 bits per heavy atom. The maximum absolute atomic E-state index is 5.73. The van der Waals surface area contributed by atoms with Crippen molar-refractivity contribution in [3.8, 4) is 0 Å². The van der Waals surface area contributed by atoms with Crippen molar-refractivity contribution < 1.29 is 0 Å². The van der Waals surface area contributed by atoms with E-state index < -0.39 is 0 Å². The van der Waals surface area contributed by atoms with Crippen LogP contribution in [-0.2, 0) is 0 Å². The van der Waals surface area contributed by atoms with Crippen molar-refractivity contribution in [2.45, 2.75) is 58.4 Å². The Labute approximate surface area is 117 Å². The molecule has 0 amide bonds. The van der Waals surface area contributed by atoms with Gasteiger partial charge in [-0.1, -0.05) is 32.1 Å². The number of hydrogen-bond donors (Lipinski definition) is 2. The van der Waals surface area contributed by atoms with Gasteiger partial charge in [0, 0.05) is 12.6 Å². The Morgan fingerprint density at radius 2 is 1.94 bits per heavy atom. The maximum Gasteiger partial charge on any atom is 0.188 e. The molecule has 0 heterocycles. The van der Waals surface area contributed by atoms with E-state index in [9.17, 15) is 0 Å². The average Bonchev–Trinajstić information content (AvgIpc) is 2.18. The molecule has 0 aromatic heterocycles. The molecule has 0 radical (unpaired) electrons. The lowest BCUT2D eigenvalue weighted by Gasteiger charge is -2.20. The van der Waals surface area contributed by atoms with Crippen LogP contribution >= 0.6 is 24.0 Å². The van der Waals surface area contributed by atoms with E-state index in [0.717, 1.165) is 12.5 Å². The van der Waals surface area contributed by atoms with Gasteiger partial charge >= 0.3 is 0 Å². The maximum atomic E-state index is 5.73. The molecule has 3 N–H and O–H groups in total. The second-order valence-electron chi connectivity index (χ2n) is 4.86. The van der Waals surface area contributed by atoms with Crippen molar-refractivity contribution in [2.24, 2.45) is 16.6 Å². The molecular weight excluding hydrogens is 313 g/mol. The summed E-state index contributed by atoms with van der Waals surface area (Å²) in [7, 11) is 0. The van der Waals surface area contributed by atoms with Gasteiger partial charge in [0.25, 0.3) is 0 Å². The van der Waals surface area contributed by atoms with Crippen LogP contribution in [0.2, 0.25) is 0 Å². The highest BCUT2D eigenvalue weighted by molar-refractivity contribution is 14.0.